The van der Waals surface area contributed by atoms with Crippen molar-refractivity contribution in [3.8, 4) is 11.5 Å². The molecule has 31 heavy (non-hydrogen) atoms. The Kier molecular flexibility index (Phi) is 7.22. The number of rotatable bonds is 7. The number of nitrogens with zero attached hydrogens (tertiary/aromatic N) is 2. The fourth-order valence-corrected chi connectivity index (χ4v) is 3.78. The van der Waals surface area contributed by atoms with Crippen molar-refractivity contribution in [2.75, 3.05) is 46.2 Å². The minimum absolute atomic E-state index is 0.0962. The summed E-state index contributed by atoms with van der Waals surface area (Å²) in [5, 5.41) is 6.76. The maximum Gasteiger partial charge on any atom is 0.231 e. The first-order valence-corrected chi connectivity index (χ1v) is 10.7. The molecule has 0 saturated carbocycles. The lowest BCUT2D eigenvalue weighted by molar-refractivity contribution is 0.0170. The summed E-state index contributed by atoms with van der Waals surface area (Å²) in [6.45, 7) is 7.32. The van der Waals surface area contributed by atoms with Crippen LogP contribution >= 0.6 is 0 Å². The Balaban J connectivity index is 1.44. The van der Waals surface area contributed by atoms with Gasteiger partial charge >= 0.3 is 0 Å². The Morgan fingerprint density at radius 2 is 1.84 bits per heavy atom. The van der Waals surface area contributed by atoms with Crippen LogP contribution in [-0.4, -0.2) is 57.0 Å². The molecule has 1 saturated heterocycles. The summed E-state index contributed by atoms with van der Waals surface area (Å²) in [6.07, 6.45) is 0. The summed E-state index contributed by atoms with van der Waals surface area (Å²) in [6, 6.07) is 12.7. The number of aliphatic imine (C=N–C) groups is 1. The maximum absolute atomic E-state index is 13.5. The van der Waals surface area contributed by atoms with Gasteiger partial charge in [0.25, 0.3) is 0 Å². The first-order chi connectivity index (χ1) is 15.2. The normalized spacial score (nSPS) is 17.4. The molecule has 2 aromatic rings. The lowest BCUT2D eigenvalue weighted by atomic mass is 10.0. The second kappa shape index (κ2) is 10.5. The van der Waals surface area contributed by atoms with E-state index in [-0.39, 0.29) is 18.7 Å². The number of hydrogen-bond acceptors (Lipinski definition) is 5. The van der Waals surface area contributed by atoms with Crippen molar-refractivity contribution in [1.82, 2.24) is 15.5 Å². The van der Waals surface area contributed by atoms with Crippen LogP contribution in [0, 0.1) is 5.82 Å². The quantitative estimate of drug-likeness (QED) is 0.522. The summed E-state index contributed by atoms with van der Waals surface area (Å²) in [5.74, 6) is 2.04. The maximum atomic E-state index is 13.5. The zero-order valence-corrected chi connectivity index (χ0v) is 17.8. The fourth-order valence-electron chi connectivity index (χ4n) is 3.78. The molecule has 0 spiro atoms. The molecule has 0 radical (unpaired) electrons. The molecule has 1 unspecified atom stereocenters. The SMILES string of the molecule is CCNC(=NCc1ccc2c(c1)OCO2)NCC(c1ccc(F)cc1)N1CCOCC1. The lowest BCUT2D eigenvalue weighted by Crippen LogP contribution is -2.46. The molecule has 2 heterocycles. The number of benzene rings is 2. The van der Waals surface area contributed by atoms with E-state index < -0.39 is 0 Å². The Bertz CT molecular complexity index is 885. The summed E-state index contributed by atoms with van der Waals surface area (Å²) in [4.78, 5) is 7.10. The van der Waals surface area contributed by atoms with Crippen molar-refractivity contribution < 1.29 is 18.6 Å². The fraction of sp³-hybridized carbons (Fsp3) is 0.435. The van der Waals surface area contributed by atoms with Gasteiger partial charge in [0.2, 0.25) is 6.79 Å². The van der Waals surface area contributed by atoms with Crippen LogP contribution in [0.15, 0.2) is 47.5 Å². The first-order valence-electron chi connectivity index (χ1n) is 10.7. The van der Waals surface area contributed by atoms with Gasteiger partial charge in [0.15, 0.2) is 17.5 Å². The highest BCUT2D eigenvalue weighted by Crippen LogP contribution is 2.32. The van der Waals surface area contributed by atoms with Crippen molar-refractivity contribution in [1.29, 1.82) is 0 Å². The molecule has 1 atom stereocenters. The molecule has 166 valence electrons. The highest BCUT2D eigenvalue weighted by atomic mass is 19.1. The smallest absolute Gasteiger partial charge is 0.231 e. The van der Waals surface area contributed by atoms with Gasteiger partial charge < -0.3 is 24.8 Å². The second-order valence-corrected chi connectivity index (χ2v) is 7.48. The Hall–Kier alpha value is -2.84. The third-order valence-corrected chi connectivity index (χ3v) is 5.41. The number of ether oxygens (including phenoxy) is 3. The molecule has 0 amide bonds. The number of nitrogens with one attached hydrogen (secondary N) is 2. The average Bonchev–Trinajstić information content (AvgIpc) is 3.27. The molecule has 0 aromatic heterocycles. The summed E-state index contributed by atoms with van der Waals surface area (Å²) in [5.41, 5.74) is 2.12. The van der Waals surface area contributed by atoms with E-state index in [0.717, 1.165) is 48.2 Å². The lowest BCUT2D eigenvalue weighted by Gasteiger charge is -2.35. The van der Waals surface area contributed by atoms with E-state index in [9.17, 15) is 4.39 Å². The Labute approximate surface area is 182 Å². The highest BCUT2D eigenvalue weighted by molar-refractivity contribution is 5.79. The van der Waals surface area contributed by atoms with E-state index in [2.05, 4.69) is 15.5 Å². The standard InChI is InChI=1S/C23H29FN4O3/c1-2-25-23(26-14-17-3-8-21-22(13-17)31-16-30-21)27-15-20(28-9-11-29-12-10-28)18-4-6-19(24)7-5-18/h3-8,13,20H,2,9-12,14-16H2,1H3,(H2,25,26,27). The van der Waals surface area contributed by atoms with Crippen LogP contribution in [0.1, 0.15) is 24.1 Å². The zero-order chi connectivity index (χ0) is 21.5. The number of guanidine groups is 1. The van der Waals surface area contributed by atoms with Crippen LogP contribution in [0.5, 0.6) is 11.5 Å². The minimum Gasteiger partial charge on any atom is -0.454 e. The summed E-state index contributed by atoms with van der Waals surface area (Å²) in [7, 11) is 0. The second-order valence-electron chi connectivity index (χ2n) is 7.48. The predicted octanol–water partition coefficient (Wildman–Crippen LogP) is 2.68. The summed E-state index contributed by atoms with van der Waals surface area (Å²) >= 11 is 0. The molecule has 8 heteroatoms. The molecule has 0 bridgehead atoms. The Morgan fingerprint density at radius 3 is 2.61 bits per heavy atom. The van der Waals surface area contributed by atoms with Crippen molar-refractivity contribution in [2.24, 2.45) is 4.99 Å². The summed E-state index contributed by atoms with van der Waals surface area (Å²) < 4.78 is 29.8. The van der Waals surface area contributed by atoms with Crippen LogP contribution in [0.25, 0.3) is 0 Å². The number of morpholine rings is 1. The molecule has 4 rings (SSSR count). The van der Waals surface area contributed by atoms with E-state index >= 15 is 0 Å². The van der Waals surface area contributed by atoms with E-state index in [0.29, 0.717) is 26.3 Å². The van der Waals surface area contributed by atoms with Crippen LogP contribution in [0.2, 0.25) is 0 Å². The molecule has 0 aliphatic carbocycles. The molecular formula is C23H29FN4O3. The van der Waals surface area contributed by atoms with Gasteiger partial charge in [-0.1, -0.05) is 18.2 Å². The van der Waals surface area contributed by atoms with Gasteiger partial charge in [-0.05, 0) is 42.3 Å². The van der Waals surface area contributed by atoms with Crippen LogP contribution < -0.4 is 20.1 Å². The average molecular weight is 429 g/mol. The number of fused-ring (bicyclic) bond motifs is 1. The molecule has 2 aliphatic rings. The van der Waals surface area contributed by atoms with Crippen LogP contribution in [0.4, 0.5) is 4.39 Å². The van der Waals surface area contributed by atoms with Crippen molar-refractivity contribution >= 4 is 5.96 Å². The van der Waals surface area contributed by atoms with E-state index in [1.807, 2.05) is 37.3 Å². The topological polar surface area (TPSA) is 67.4 Å². The van der Waals surface area contributed by atoms with E-state index in [1.165, 1.54) is 12.1 Å². The van der Waals surface area contributed by atoms with Gasteiger partial charge in [-0.2, -0.15) is 0 Å². The Morgan fingerprint density at radius 1 is 1.06 bits per heavy atom. The number of hydrogen-bond donors (Lipinski definition) is 2. The van der Waals surface area contributed by atoms with Gasteiger partial charge in [0, 0.05) is 26.2 Å². The van der Waals surface area contributed by atoms with Gasteiger partial charge in [-0.15, -0.1) is 0 Å². The molecule has 2 aromatic carbocycles. The molecule has 2 N–H and O–H groups in total. The molecule has 7 nitrogen and oxygen atoms in total. The molecule has 2 aliphatic heterocycles. The zero-order valence-electron chi connectivity index (χ0n) is 17.8. The van der Waals surface area contributed by atoms with Gasteiger partial charge in [0.05, 0.1) is 25.8 Å². The van der Waals surface area contributed by atoms with Gasteiger partial charge in [-0.3, -0.25) is 4.90 Å². The van der Waals surface area contributed by atoms with Gasteiger partial charge in [0.1, 0.15) is 5.82 Å². The van der Waals surface area contributed by atoms with E-state index in [1.54, 1.807) is 0 Å². The highest BCUT2D eigenvalue weighted by Gasteiger charge is 2.23. The van der Waals surface area contributed by atoms with Crippen molar-refractivity contribution in [2.45, 2.75) is 19.5 Å². The van der Waals surface area contributed by atoms with Crippen LogP contribution in [0.3, 0.4) is 0 Å². The predicted molar refractivity (Wildman–Crippen MR) is 117 cm³/mol. The number of halogens is 1. The van der Waals surface area contributed by atoms with Crippen LogP contribution in [-0.2, 0) is 11.3 Å². The van der Waals surface area contributed by atoms with Crippen molar-refractivity contribution in [3.63, 3.8) is 0 Å². The monoisotopic (exact) mass is 428 g/mol. The molecular weight excluding hydrogens is 399 g/mol. The third-order valence-electron chi connectivity index (χ3n) is 5.41. The van der Waals surface area contributed by atoms with E-state index in [4.69, 9.17) is 19.2 Å². The first kappa shape index (κ1) is 21.4. The molecule has 1 fully saturated rings. The third kappa shape index (κ3) is 5.65. The van der Waals surface area contributed by atoms with Crippen molar-refractivity contribution in [3.05, 3.63) is 59.4 Å². The van der Waals surface area contributed by atoms with Gasteiger partial charge in [-0.25, -0.2) is 9.38 Å². The largest absolute Gasteiger partial charge is 0.454 e. The minimum atomic E-state index is -0.226.